The van der Waals surface area contributed by atoms with Crippen molar-refractivity contribution in [2.24, 2.45) is 0 Å². The summed E-state index contributed by atoms with van der Waals surface area (Å²) in [6, 6.07) is 0. The summed E-state index contributed by atoms with van der Waals surface area (Å²) in [7, 11) is 0. The van der Waals surface area contributed by atoms with E-state index < -0.39 is 25.2 Å². The van der Waals surface area contributed by atoms with Gasteiger partial charge in [-0.25, -0.2) is 9.59 Å². The molecule has 0 saturated carbocycles. The Kier molecular flexibility index (Phi) is 5.05. The van der Waals surface area contributed by atoms with Gasteiger partial charge in [0.2, 0.25) is 0 Å². The number of rotatable bonds is 6. The molecule has 0 aromatic carbocycles. The van der Waals surface area contributed by atoms with Crippen LogP contribution in [-0.4, -0.2) is 42.2 Å². The number of carboxylic acids is 2. The molecule has 0 unspecified atom stereocenters. The van der Waals surface area contributed by atoms with Gasteiger partial charge in [-0.2, -0.15) is 0 Å². The van der Waals surface area contributed by atoms with E-state index in [9.17, 15) is 9.59 Å². The van der Waals surface area contributed by atoms with Crippen LogP contribution >= 0.6 is 0 Å². The van der Waals surface area contributed by atoms with Gasteiger partial charge in [0.1, 0.15) is 20.0 Å². The first-order valence-electron chi connectivity index (χ1n) is 2.72. The van der Waals surface area contributed by atoms with Crippen molar-refractivity contribution in [1.82, 2.24) is 0 Å². The maximum absolute atomic E-state index is 9.80. The van der Waals surface area contributed by atoms with E-state index in [1.165, 1.54) is 0 Å². The van der Waals surface area contributed by atoms with E-state index in [1.807, 2.05) is 0 Å². The summed E-state index contributed by atoms with van der Waals surface area (Å²) in [5, 5.41) is 16.1. The normalized spacial score (nSPS) is 9.45. The van der Waals surface area contributed by atoms with Gasteiger partial charge < -0.3 is 19.7 Å². The molecule has 0 aliphatic rings. The summed E-state index contributed by atoms with van der Waals surface area (Å²) < 4.78 is 8.72. The predicted octanol–water partition coefficient (Wildman–Crippen LogP) is -0.854. The van der Waals surface area contributed by atoms with Crippen molar-refractivity contribution in [3.05, 3.63) is 0 Å². The van der Waals surface area contributed by atoms with Crippen LogP contribution in [0.4, 0.5) is 0 Å². The number of carbonyl (C=O) groups is 2. The molecule has 0 heterocycles. The third-order valence-corrected chi connectivity index (χ3v) is 0.618. The highest BCUT2D eigenvalue weighted by molar-refractivity contribution is 5.68. The molecule has 6 nitrogen and oxygen atoms in total. The molecule has 64 valence electrons. The average molecular weight is 164 g/mol. The van der Waals surface area contributed by atoms with E-state index in [0.29, 0.717) is 0 Å². The Balaban J connectivity index is 3.03. The second-order valence-electron chi connectivity index (χ2n) is 1.60. The second kappa shape index (κ2) is 5.63. The zero-order valence-electron chi connectivity index (χ0n) is 5.65. The summed E-state index contributed by atoms with van der Waals surface area (Å²) in [6.45, 7) is -1.29. The van der Waals surface area contributed by atoms with Crippen molar-refractivity contribution in [2.75, 3.05) is 20.0 Å². The lowest BCUT2D eigenvalue weighted by Gasteiger charge is -1.99. The number of carboxylic acid groups (broad SMARTS) is 2. The van der Waals surface area contributed by atoms with Crippen LogP contribution in [0.15, 0.2) is 0 Å². The highest BCUT2D eigenvalue weighted by atomic mass is 16.7. The van der Waals surface area contributed by atoms with Crippen molar-refractivity contribution in [3.8, 4) is 0 Å². The topological polar surface area (TPSA) is 93.1 Å². The lowest BCUT2D eigenvalue weighted by Crippen LogP contribution is -2.13. The van der Waals surface area contributed by atoms with Gasteiger partial charge in [0.15, 0.2) is 0 Å². The number of hydrogen-bond acceptors (Lipinski definition) is 4. The minimum Gasteiger partial charge on any atom is -0.480 e. The quantitative estimate of drug-likeness (QED) is 0.392. The second-order valence-corrected chi connectivity index (χ2v) is 1.60. The Morgan fingerprint density at radius 2 is 1.36 bits per heavy atom. The molecule has 0 aliphatic carbocycles. The molecule has 2 N–H and O–H groups in total. The summed E-state index contributed by atoms with van der Waals surface area (Å²) in [5.41, 5.74) is 0. The molecule has 0 aromatic rings. The molecule has 0 atom stereocenters. The van der Waals surface area contributed by atoms with Gasteiger partial charge >= 0.3 is 11.9 Å². The Morgan fingerprint density at radius 3 is 1.64 bits per heavy atom. The number of ether oxygens (including phenoxy) is 2. The molecule has 0 radical (unpaired) electrons. The third-order valence-electron chi connectivity index (χ3n) is 0.618. The molecular weight excluding hydrogens is 156 g/mol. The first kappa shape index (κ1) is 9.86. The van der Waals surface area contributed by atoms with E-state index in [2.05, 4.69) is 9.47 Å². The first-order chi connectivity index (χ1) is 5.13. The lowest BCUT2D eigenvalue weighted by molar-refractivity contribution is -0.154. The average Bonchev–Trinajstić information content (AvgIpc) is 1.85. The SMILES string of the molecule is O=C(O)COCOCC(=O)O. The van der Waals surface area contributed by atoms with Gasteiger partial charge in [0.25, 0.3) is 0 Å². The summed E-state index contributed by atoms with van der Waals surface area (Å²) in [6.07, 6.45) is 0. The van der Waals surface area contributed by atoms with Crippen molar-refractivity contribution >= 4 is 11.9 Å². The van der Waals surface area contributed by atoms with Gasteiger partial charge in [0, 0.05) is 0 Å². The largest absolute Gasteiger partial charge is 0.480 e. The highest BCUT2D eigenvalue weighted by Gasteiger charge is 1.97. The molecular formula is C5H8O6. The van der Waals surface area contributed by atoms with Crippen LogP contribution in [0.25, 0.3) is 0 Å². The van der Waals surface area contributed by atoms with Crippen molar-refractivity contribution in [1.29, 1.82) is 0 Å². The van der Waals surface area contributed by atoms with Gasteiger partial charge in [-0.3, -0.25) is 0 Å². The van der Waals surface area contributed by atoms with Gasteiger partial charge in [-0.1, -0.05) is 0 Å². The van der Waals surface area contributed by atoms with Crippen LogP contribution in [0.5, 0.6) is 0 Å². The predicted molar refractivity (Wildman–Crippen MR) is 32.0 cm³/mol. The smallest absolute Gasteiger partial charge is 0.329 e. The fourth-order valence-electron chi connectivity index (χ4n) is 0.317. The monoisotopic (exact) mass is 164 g/mol. The molecule has 0 amide bonds. The molecule has 0 fully saturated rings. The fraction of sp³-hybridized carbons (Fsp3) is 0.600. The van der Waals surface area contributed by atoms with E-state index in [4.69, 9.17) is 10.2 Å². The molecule has 0 aromatic heterocycles. The minimum atomic E-state index is -1.12. The minimum absolute atomic E-state index is 0.321. The Hall–Kier alpha value is -1.14. The van der Waals surface area contributed by atoms with Crippen LogP contribution in [0.1, 0.15) is 0 Å². The molecule has 11 heavy (non-hydrogen) atoms. The summed E-state index contributed by atoms with van der Waals surface area (Å²) >= 11 is 0. The van der Waals surface area contributed by atoms with Crippen molar-refractivity contribution in [2.45, 2.75) is 0 Å². The van der Waals surface area contributed by atoms with Gasteiger partial charge in [-0.05, 0) is 0 Å². The lowest BCUT2D eigenvalue weighted by atomic mass is 10.7. The maximum Gasteiger partial charge on any atom is 0.329 e. The summed E-state index contributed by atoms with van der Waals surface area (Å²) in [5.74, 6) is -2.24. The maximum atomic E-state index is 9.80. The zero-order chi connectivity index (χ0) is 8.69. The molecule has 6 heteroatoms. The van der Waals surface area contributed by atoms with Crippen LogP contribution in [-0.2, 0) is 19.1 Å². The van der Waals surface area contributed by atoms with E-state index in [-0.39, 0.29) is 6.79 Å². The first-order valence-corrected chi connectivity index (χ1v) is 2.72. The summed E-state index contributed by atoms with van der Waals surface area (Å²) in [4.78, 5) is 19.6. The zero-order valence-corrected chi connectivity index (χ0v) is 5.65. The van der Waals surface area contributed by atoms with Crippen molar-refractivity contribution < 1.29 is 29.3 Å². The van der Waals surface area contributed by atoms with E-state index in [0.717, 1.165) is 0 Å². The Morgan fingerprint density at radius 1 is 1.00 bits per heavy atom. The van der Waals surface area contributed by atoms with Crippen LogP contribution in [0.2, 0.25) is 0 Å². The standard InChI is InChI=1S/C5H8O6/c6-4(7)1-10-3-11-2-5(8)9/h1-3H2,(H,6,7)(H,8,9). The van der Waals surface area contributed by atoms with E-state index in [1.54, 1.807) is 0 Å². The molecule has 0 aliphatic heterocycles. The van der Waals surface area contributed by atoms with E-state index >= 15 is 0 Å². The van der Waals surface area contributed by atoms with Crippen LogP contribution in [0.3, 0.4) is 0 Å². The van der Waals surface area contributed by atoms with Crippen LogP contribution in [0, 0.1) is 0 Å². The molecule has 0 rings (SSSR count). The molecule has 0 bridgehead atoms. The third kappa shape index (κ3) is 8.86. The molecule has 0 spiro atoms. The highest BCUT2D eigenvalue weighted by Crippen LogP contribution is 1.78. The van der Waals surface area contributed by atoms with Gasteiger partial charge in [0.05, 0.1) is 0 Å². The number of hydrogen-bond donors (Lipinski definition) is 2. The molecule has 0 saturated heterocycles. The van der Waals surface area contributed by atoms with Crippen LogP contribution < -0.4 is 0 Å². The number of aliphatic carboxylic acids is 2. The van der Waals surface area contributed by atoms with Gasteiger partial charge in [-0.15, -0.1) is 0 Å². The fourth-order valence-corrected chi connectivity index (χ4v) is 0.317. The van der Waals surface area contributed by atoms with Crippen molar-refractivity contribution in [3.63, 3.8) is 0 Å². The Bertz CT molecular complexity index is 126. The Labute approximate surface area is 62.3 Å².